The van der Waals surface area contributed by atoms with Crippen LogP contribution in [0, 0.1) is 13.8 Å². The second kappa shape index (κ2) is 4.51. The minimum atomic E-state index is 0.617. The van der Waals surface area contributed by atoms with E-state index >= 15 is 0 Å². The molecule has 0 bridgehead atoms. The van der Waals surface area contributed by atoms with Crippen LogP contribution in [0.5, 0.6) is 0 Å². The highest BCUT2D eigenvalue weighted by Crippen LogP contribution is 2.24. The van der Waals surface area contributed by atoms with Gasteiger partial charge in [0, 0.05) is 6.54 Å². The van der Waals surface area contributed by atoms with E-state index in [1.54, 1.807) is 11.3 Å². The average Bonchev–Trinajstić information content (AvgIpc) is 2.41. The van der Waals surface area contributed by atoms with E-state index in [9.17, 15) is 4.79 Å². The number of thiazole rings is 1. The molecule has 1 rings (SSSR count). The first-order chi connectivity index (χ1) is 6.54. The summed E-state index contributed by atoms with van der Waals surface area (Å²) in [6.07, 6.45) is 0. The maximum absolute atomic E-state index is 10.8. The monoisotopic (exact) mass is 210 g/mol. The van der Waals surface area contributed by atoms with Crippen molar-refractivity contribution in [2.24, 2.45) is 0 Å². The summed E-state index contributed by atoms with van der Waals surface area (Å²) in [6, 6.07) is 0. The van der Waals surface area contributed by atoms with Gasteiger partial charge in [0.05, 0.1) is 21.2 Å². The third-order valence-corrected chi connectivity index (χ3v) is 2.91. The first kappa shape index (κ1) is 11.1. The van der Waals surface area contributed by atoms with Crippen LogP contribution in [-0.4, -0.2) is 36.5 Å². The Balaban J connectivity index is 3.02. The van der Waals surface area contributed by atoms with Crippen LogP contribution in [0.3, 0.4) is 0 Å². The van der Waals surface area contributed by atoms with E-state index in [1.165, 1.54) is 0 Å². The standard InChI is InChI=1S/C10H14N2OS/c1-7-10(14-8(2)11-7)9(6-13)5-12(3)4/h5H2,1-4H3. The van der Waals surface area contributed by atoms with Gasteiger partial charge in [-0.25, -0.2) is 9.78 Å². The maximum atomic E-state index is 10.8. The van der Waals surface area contributed by atoms with Crippen molar-refractivity contribution in [3.63, 3.8) is 0 Å². The predicted molar refractivity (Wildman–Crippen MR) is 59.2 cm³/mol. The zero-order valence-corrected chi connectivity index (χ0v) is 9.73. The molecule has 0 N–H and O–H groups in total. The van der Waals surface area contributed by atoms with Gasteiger partial charge >= 0.3 is 0 Å². The maximum Gasteiger partial charge on any atom is 0.130 e. The van der Waals surface area contributed by atoms with Crippen LogP contribution in [-0.2, 0) is 4.79 Å². The van der Waals surface area contributed by atoms with E-state index in [-0.39, 0.29) is 0 Å². The van der Waals surface area contributed by atoms with E-state index < -0.39 is 0 Å². The summed E-state index contributed by atoms with van der Waals surface area (Å²) >= 11 is 1.55. The van der Waals surface area contributed by atoms with Gasteiger partial charge in [-0.3, -0.25) is 0 Å². The first-order valence-electron chi connectivity index (χ1n) is 4.37. The number of hydrogen-bond donors (Lipinski definition) is 0. The number of aromatic nitrogens is 1. The molecule has 0 radical (unpaired) electrons. The molecule has 0 unspecified atom stereocenters. The number of nitrogens with zero attached hydrogens (tertiary/aromatic N) is 2. The number of carbonyl (C=O) groups excluding carboxylic acids is 1. The molecule has 0 amide bonds. The Morgan fingerprint density at radius 2 is 2.14 bits per heavy atom. The van der Waals surface area contributed by atoms with E-state index in [1.807, 2.05) is 38.8 Å². The van der Waals surface area contributed by atoms with Crippen molar-refractivity contribution in [1.82, 2.24) is 9.88 Å². The van der Waals surface area contributed by atoms with E-state index in [2.05, 4.69) is 4.98 Å². The van der Waals surface area contributed by atoms with Crippen molar-refractivity contribution in [2.75, 3.05) is 20.6 Å². The van der Waals surface area contributed by atoms with Crippen LogP contribution < -0.4 is 0 Å². The highest BCUT2D eigenvalue weighted by Gasteiger charge is 2.11. The van der Waals surface area contributed by atoms with E-state index in [4.69, 9.17) is 0 Å². The molecule has 0 aliphatic heterocycles. The van der Waals surface area contributed by atoms with Crippen LogP contribution in [0.1, 0.15) is 15.6 Å². The summed E-state index contributed by atoms with van der Waals surface area (Å²) < 4.78 is 0. The lowest BCUT2D eigenvalue weighted by Gasteiger charge is -2.08. The molecule has 3 nitrogen and oxygen atoms in total. The van der Waals surface area contributed by atoms with Gasteiger partial charge in [-0.15, -0.1) is 11.3 Å². The fourth-order valence-corrected chi connectivity index (χ4v) is 2.18. The van der Waals surface area contributed by atoms with Gasteiger partial charge in [-0.05, 0) is 27.9 Å². The molecule has 0 saturated heterocycles. The molecule has 0 spiro atoms. The Bertz CT molecular complexity index is 375. The van der Waals surface area contributed by atoms with Gasteiger partial charge in [0.15, 0.2) is 0 Å². The molecule has 0 atom stereocenters. The zero-order valence-electron chi connectivity index (χ0n) is 8.92. The molecule has 0 fully saturated rings. The fourth-order valence-electron chi connectivity index (χ4n) is 1.28. The number of rotatable bonds is 3. The van der Waals surface area contributed by atoms with E-state index in [0.717, 1.165) is 15.6 Å². The number of aryl methyl sites for hydroxylation is 2. The molecule has 76 valence electrons. The van der Waals surface area contributed by atoms with Crippen molar-refractivity contribution in [3.8, 4) is 0 Å². The van der Waals surface area contributed by atoms with Crippen molar-refractivity contribution in [1.29, 1.82) is 0 Å². The minimum Gasteiger partial charge on any atom is -0.304 e. The van der Waals surface area contributed by atoms with Gasteiger partial charge in [-0.2, -0.15) is 0 Å². The quantitative estimate of drug-likeness (QED) is 0.709. The molecule has 0 aliphatic rings. The van der Waals surface area contributed by atoms with Gasteiger partial charge < -0.3 is 4.90 Å². The molecule has 0 aliphatic carbocycles. The lowest BCUT2D eigenvalue weighted by atomic mass is 10.2. The summed E-state index contributed by atoms with van der Waals surface area (Å²) in [5, 5.41) is 0.990. The average molecular weight is 210 g/mol. The molecule has 1 heterocycles. The molecule has 0 saturated carbocycles. The lowest BCUT2D eigenvalue weighted by Crippen LogP contribution is -2.14. The Hall–Kier alpha value is -0.960. The highest BCUT2D eigenvalue weighted by molar-refractivity contribution is 7.12. The van der Waals surface area contributed by atoms with Crippen molar-refractivity contribution < 1.29 is 4.79 Å². The third-order valence-electron chi connectivity index (χ3n) is 1.78. The summed E-state index contributed by atoms with van der Waals surface area (Å²) in [5.74, 6) is 2.00. The second-order valence-electron chi connectivity index (χ2n) is 3.47. The smallest absolute Gasteiger partial charge is 0.130 e. The summed E-state index contributed by atoms with van der Waals surface area (Å²) in [5.41, 5.74) is 1.62. The molecule has 1 aromatic rings. The number of likely N-dealkylation sites (N-methyl/N-ethyl adjacent to an activating group) is 1. The molecule has 0 aromatic carbocycles. The predicted octanol–water partition coefficient (Wildman–Crippen LogP) is 1.54. The van der Waals surface area contributed by atoms with Crippen molar-refractivity contribution in [2.45, 2.75) is 13.8 Å². The van der Waals surface area contributed by atoms with Crippen LogP contribution in [0.2, 0.25) is 0 Å². The lowest BCUT2D eigenvalue weighted by molar-refractivity contribution is 0.463. The van der Waals surface area contributed by atoms with E-state index in [0.29, 0.717) is 12.1 Å². The van der Waals surface area contributed by atoms with Gasteiger partial charge in [0.1, 0.15) is 5.94 Å². The van der Waals surface area contributed by atoms with Gasteiger partial charge in [0.25, 0.3) is 0 Å². The summed E-state index contributed by atoms with van der Waals surface area (Å²) in [6.45, 7) is 4.48. The van der Waals surface area contributed by atoms with Crippen LogP contribution in [0.25, 0.3) is 5.57 Å². The Morgan fingerprint density at radius 3 is 2.50 bits per heavy atom. The fraction of sp³-hybridized carbons (Fsp3) is 0.500. The molecule has 14 heavy (non-hydrogen) atoms. The first-order valence-corrected chi connectivity index (χ1v) is 5.19. The Morgan fingerprint density at radius 1 is 1.50 bits per heavy atom. The molecular formula is C10H14N2OS. The normalized spacial score (nSPS) is 10.4. The van der Waals surface area contributed by atoms with Crippen LogP contribution in [0.4, 0.5) is 0 Å². The largest absolute Gasteiger partial charge is 0.304 e. The minimum absolute atomic E-state index is 0.617. The SMILES string of the molecule is Cc1nc(C)c(C(=C=O)CN(C)C)s1. The second-order valence-corrected chi connectivity index (χ2v) is 4.67. The van der Waals surface area contributed by atoms with Gasteiger partial charge in [0.2, 0.25) is 0 Å². The molecular weight excluding hydrogens is 196 g/mol. The number of hydrogen-bond acceptors (Lipinski definition) is 4. The zero-order chi connectivity index (χ0) is 10.7. The molecule has 1 aromatic heterocycles. The third kappa shape index (κ3) is 2.51. The molecule has 4 heteroatoms. The Labute approximate surface area is 88.1 Å². The topological polar surface area (TPSA) is 33.2 Å². The highest BCUT2D eigenvalue weighted by atomic mass is 32.1. The van der Waals surface area contributed by atoms with Crippen LogP contribution in [0.15, 0.2) is 0 Å². The Kier molecular flexibility index (Phi) is 3.58. The van der Waals surface area contributed by atoms with Crippen molar-refractivity contribution in [3.05, 3.63) is 15.6 Å². The van der Waals surface area contributed by atoms with Crippen LogP contribution >= 0.6 is 11.3 Å². The summed E-state index contributed by atoms with van der Waals surface area (Å²) in [4.78, 5) is 18.0. The summed E-state index contributed by atoms with van der Waals surface area (Å²) in [7, 11) is 3.86. The van der Waals surface area contributed by atoms with Gasteiger partial charge in [-0.1, -0.05) is 0 Å². The van der Waals surface area contributed by atoms with Crippen molar-refractivity contribution >= 4 is 22.9 Å².